The van der Waals surface area contributed by atoms with Gasteiger partial charge in [0.2, 0.25) is 0 Å². The molecule has 0 unspecified atom stereocenters. The summed E-state index contributed by atoms with van der Waals surface area (Å²) < 4.78 is 5.89. The fourth-order valence-corrected chi connectivity index (χ4v) is 2.93. The first-order valence-corrected chi connectivity index (χ1v) is 9.96. The summed E-state index contributed by atoms with van der Waals surface area (Å²) in [6.45, 7) is 2.54. The SMILES string of the molecule is CCCC/C(=N\NC(=O)c1ccccc1OCc1ccccc1)c1ccccc1. The van der Waals surface area contributed by atoms with Crippen LogP contribution in [-0.2, 0) is 6.61 Å². The number of amides is 1. The van der Waals surface area contributed by atoms with Crippen molar-refractivity contribution in [3.05, 3.63) is 102 Å². The molecule has 0 atom stereocenters. The van der Waals surface area contributed by atoms with Gasteiger partial charge in [-0.1, -0.05) is 86.1 Å². The smallest absolute Gasteiger partial charge is 0.275 e. The first kappa shape index (κ1) is 20.3. The van der Waals surface area contributed by atoms with E-state index in [9.17, 15) is 4.79 Å². The second kappa shape index (κ2) is 10.8. The Bertz CT molecular complexity index is 937. The van der Waals surface area contributed by atoms with E-state index in [0.29, 0.717) is 17.9 Å². The Kier molecular flexibility index (Phi) is 7.58. The van der Waals surface area contributed by atoms with Crippen LogP contribution in [0.5, 0.6) is 5.75 Å². The van der Waals surface area contributed by atoms with Gasteiger partial charge in [0.05, 0.1) is 11.3 Å². The predicted octanol–water partition coefficient (Wildman–Crippen LogP) is 5.59. The molecule has 0 bridgehead atoms. The lowest BCUT2D eigenvalue weighted by Gasteiger charge is -2.11. The molecule has 0 saturated heterocycles. The highest BCUT2D eigenvalue weighted by molar-refractivity contribution is 6.02. The minimum Gasteiger partial charge on any atom is -0.488 e. The van der Waals surface area contributed by atoms with Crippen LogP contribution in [-0.4, -0.2) is 11.6 Å². The zero-order chi connectivity index (χ0) is 20.3. The molecule has 3 aromatic carbocycles. The Morgan fingerprint density at radius 2 is 1.55 bits per heavy atom. The average molecular weight is 386 g/mol. The van der Waals surface area contributed by atoms with Crippen LogP contribution >= 0.6 is 0 Å². The van der Waals surface area contributed by atoms with Gasteiger partial charge < -0.3 is 4.74 Å². The molecule has 4 heteroatoms. The molecular weight excluding hydrogens is 360 g/mol. The lowest BCUT2D eigenvalue weighted by Crippen LogP contribution is -2.21. The first-order valence-electron chi connectivity index (χ1n) is 9.96. The molecule has 3 aromatic rings. The normalized spacial score (nSPS) is 11.1. The van der Waals surface area contributed by atoms with Crippen molar-refractivity contribution in [2.75, 3.05) is 0 Å². The van der Waals surface area contributed by atoms with Crippen molar-refractivity contribution < 1.29 is 9.53 Å². The van der Waals surface area contributed by atoms with Crippen LogP contribution in [0.4, 0.5) is 0 Å². The Hall–Kier alpha value is -3.40. The second-order valence-corrected chi connectivity index (χ2v) is 6.74. The van der Waals surface area contributed by atoms with Gasteiger partial charge in [-0.3, -0.25) is 4.79 Å². The molecule has 3 rings (SSSR count). The summed E-state index contributed by atoms with van der Waals surface area (Å²) in [5, 5.41) is 4.43. The number of nitrogens with zero attached hydrogens (tertiary/aromatic N) is 1. The molecule has 0 aromatic heterocycles. The summed E-state index contributed by atoms with van der Waals surface area (Å²) in [6.07, 6.45) is 2.89. The lowest BCUT2D eigenvalue weighted by molar-refractivity contribution is 0.0950. The number of hydrogen-bond donors (Lipinski definition) is 1. The van der Waals surface area contributed by atoms with Crippen molar-refractivity contribution in [3.63, 3.8) is 0 Å². The number of carbonyl (C=O) groups excluding carboxylic acids is 1. The van der Waals surface area contributed by atoms with Gasteiger partial charge in [-0.2, -0.15) is 5.10 Å². The topological polar surface area (TPSA) is 50.7 Å². The van der Waals surface area contributed by atoms with Crippen LogP contribution in [0.2, 0.25) is 0 Å². The van der Waals surface area contributed by atoms with Crippen molar-refractivity contribution >= 4 is 11.6 Å². The Balaban J connectivity index is 1.73. The molecule has 0 aliphatic rings. The summed E-state index contributed by atoms with van der Waals surface area (Å²) in [6, 6.07) is 27.1. The van der Waals surface area contributed by atoms with Gasteiger partial charge in [0.1, 0.15) is 12.4 Å². The molecule has 4 nitrogen and oxygen atoms in total. The minimum atomic E-state index is -0.279. The molecule has 1 N–H and O–H groups in total. The van der Waals surface area contributed by atoms with Gasteiger partial charge in [-0.05, 0) is 36.1 Å². The molecule has 0 heterocycles. The second-order valence-electron chi connectivity index (χ2n) is 6.74. The molecular formula is C25H26N2O2. The van der Waals surface area contributed by atoms with Crippen LogP contribution in [0.1, 0.15) is 47.7 Å². The average Bonchev–Trinajstić information content (AvgIpc) is 2.79. The van der Waals surface area contributed by atoms with Crippen molar-refractivity contribution in [1.29, 1.82) is 0 Å². The van der Waals surface area contributed by atoms with E-state index in [0.717, 1.165) is 36.1 Å². The first-order chi connectivity index (χ1) is 14.3. The van der Waals surface area contributed by atoms with Crippen molar-refractivity contribution in [3.8, 4) is 5.75 Å². The largest absolute Gasteiger partial charge is 0.488 e. The van der Waals surface area contributed by atoms with Crippen LogP contribution < -0.4 is 10.2 Å². The third-order valence-electron chi connectivity index (χ3n) is 4.54. The number of para-hydroxylation sites is 1. The predicted molar refractivity (Wildman–Crippen MR) is 117 cm³/mol. The third-order valence-corrected chi connectivity index (χ3v) is 4.54. The summed E-state index contributed by atoms with van der Waals surface area (Å²) >= 11 is 0. The monoisotopic (exact) mass is 386 g/mol. The van der Waals surface area contributed by atoms with Gasteiger partial charge >= 0.3 is 0 Å². The van der Waals surface area contributed by atoms with Gasteiger partial charge in [0.25, 0.3) is 5.91 Å². The van der Waals surface area contributed by atoms with Gasteiger partial charge in [-0.15, -0.1) is 0 Å². The number of unbranched alkanes of at least 4 members (excludes halogenated alkanes) is 1. The molecule has 148 valence electrons. The maximum Gasteiger partial charge on any atom is 0.275 e. The zero-order valence-corrected chi connectivity index (χ0v) is 16.7. The van der Waals surface area contributed by atoms with Crippen LogP contribution in [0.25, 0.3) is 0 Å². The van der Waals surface area contributed by atoms with Crippen molar-refractivity contribution in [2.45, 2.75) is 32.8 Å². The van der Waals surface area contributed by atoms with E-state index in [1.54, 1.807) is 12.1 Å². The minimum absolute atomic E-state index is 0.279. The van der Waals surface area contributed by atoms with Gasteiger partial charge in [-0.25, -0.2) is 5.43 Å². The molecule has 29 heavy (non-hydrogen) atoms. The molecule has 0 fully saturated rings. The van der Waals surface area contributed by atoms with E-state index in [-0.39, 0.29) is 5.91 Å². The Morgan fingerprint density at radius 3 is 2.28 bits per heavy atom. The Morgan fingerprint density at radius 1 is 0.897 bits per heavy atom. The quantitative estimate of drug-likeness (QED) is 0.385. The maximum absolute atomic E-state index is 12.8. The number of benzene rings is 3. The Labute approximate surface area is 172 Å². The number of nitrogens with one attached hydrogen (secondary N) is 1. The van der Waals surface area contributed by atoms with Crippen molar-refractivity contribution in [2.24, 2.45) is 5.10 Å². The number of hydrazone groups is 1. The molecule has 0 aliphatic heterocycles. The number of carbonyl (C=O) groups is 1. The lowest BCUT2D eigenvalue weighted by atomic mass is 10.1. The highest BCUT2D eigenvalue weighted by atomic mass is 16.5. The van der Waals surface area contributed by atoms with E-state index in [2.05, 4.69) is 17.5 Å². The fraction of sp³-hybridized carbons (Fsp3) is 0.200. The summed E-state index contributed by atoms with van der Waals surface area (Å²) in [5.41, 5.74) is 6.13. The fourth-order valence-electron chi connectivity index (χ4n) is 2.93. The van der Waals surface area contributed by atoms with E-state index in [4.69, 9.17) is 4.74 Å². The van der Waals surface area contributed by atoms with E-state index in [1.165, 1.54) is 0 Å². The molecule has 0 radical (unpaired) electrons. The van der Waals surface area contributed by atoms with E-state index < -0.39 is 0 Å². The van der Waals surface area contributed by atoms with Crippen LogP contribution in [0.3, 0.4) is 0 Å². The molecule has 0 aliphatic carbocycles. The van der Waals surface area contributed by atoms with E-state index >= 15 is 0 Å². The maximum atomic E-state index is 12.8. The highest BCUT2D eigenvalue weighted by Crippen LogP contribution is 2.19. The van der Waals surface area contributed by atoms with E-state index in [1.807, 2.05) is 72.8 Å². The van der Waals surface area contributed by atoms with Gasteiger partial charge in [0, 0.05) is 0 Å². The molecule has 1 amide bonds. The summed E-state index contributed by atoms with van der Waals surface area (Å²) in [5.74, 6) is 0.262. The standard InChI is InChI=1S/C25H26N2O2/c1-2-3-17-23(21-14-8-5-9-15-21)26-27-25(28)22-16-10-11-18-24(22)29-19-20-12-6-4-7-13-20/h4-16,18H,2-3,17,19H2,1H3,(H,27,28)/b26-23+. The highest BCUT2D eigenvalue weighted by Gasteiger charge is 2.12. The van der Waals surface area contributed by atoms with Gasteiger partial charge in [0.15, 0.2) is 0 Å². The van der Waals surface area contributed by atoms with Crippen LogP contribution in [0.15, 0.2) is 90.0 Å². The number of hydrogen-bond acceptors (Lipinski definition) is 3. The number of rotatable bonds is 9. The third kappa shape index (κ3) is 6.04. The zero-order valence-electron chi connectivity index (χ0n) is 16.7. The molecule has 0 saturated carbocycles. The summed E-state index contributed by atoms with van der Waals surface area (Å²) in [4.78, 5) is 12.8. The van der Waals surface area contributed by atoms with Crippen molar-refractivity contribution in [1.82, 2.24) is 5.43 Å². The summed E-state index contributed by atoms with van der Waals surface area (Å²) in [7, 11) is 0. The molecule has 0 spiro atoms. The number of ether oxygens (including phenoxy) is 1. The van der Waals surface area contributed by atoms with Crippen LogP contribution in [0, 0.1) is 0 Å².